The van der Waals surface area contributed by atoms with E-state index in [1.165, 1.54) is 6.07 Å². The fourth-order valence-corrected chi connectivity index (χ4v) is 2.16. The van der Waals surface area contributed by atoms with Crippen LogP contribution in [0.5, 0.6) is 5.75 Å². The number of hydrogen-bond donors (Lipinski definition) is 3. The van der Waals surface area contributed by atoms with Crippen LogP contribution in [0.15, 0.2) is 18.2 Å². The van der Waals surface area contributed by atoms with Crippen molar-refractivity contribution in [2.45, 2.75) is 38.1 Å². The maximum Gasteiger partial charge on any atom is 0.416 e. The van der Waals surface area contributed by atoms with Crippen molar-refractivity contribution in [2.75, 3.05) is 20.2 Å². The maximum absolute atomic E-state index is 12.9. The molecule has 22 heavy (non-hydrogen) atoms. The number of ether oxygens (including phenoxy) is 1. The van der Waals surface area contributed by atoms with Gasteiger partial charge in [-0.2, -0.15) is 13.2 Å². The Morgan fingerprint density at radius 1 is 1.36 bits per heavy atom. The average Bonchev–Trinajstić information content (AvgIpc) is 2.48. The zero-order valence-corrected chi connectivity index (χ0v) is 12.8. The summed E-state index contributed by atoms with van der Waals surface area (Å²) in [6, 6.07) is 2.71. The SMILES string of the molecule is CCCOc1ccc(C(F)(F)F)cc1C(O)C(CCN)NC. The summed E-state index contributed by atoms with van der Waals surface area (Å²) in [5, 5.41) is 13.3. The van der Waals surface area contributed by atoms with Crippen molar-refractivity contribution < 1.29 is 23.0 Å². The van der Waals surface area contributed by atoms with Crippen molar-refractivity contribution in [1.82, 2.24) is 5.32 Å². The summed E-state index contributed by atoms with van der Waals surface area (Å²) in [5.74, 6) is 0.264. The third-order valence-electron chi connectivity index (χ3n) is 3.35. The lowest BCUT2D eigenvalue weighted by Crippen LogP contribution is -2.34. The van der Waals surface area contributed by atoms with Crippen molar-refractivity contribution in [3.05, 3.63) is 29.3 Å². The van der Waals surface area contributed by atoms with Crippen LogP contribution in [-0.4, -0.2) is 31.3 Å². The van der Waals surface area contributed by atoms with Gasteiger partial charge in [0.25, 0.3) is 0 Å². The lowest BCUT2D eigenvalue weighted by Gasteiger charge is -2.25. The van der Waals surface area contributed by atoms with Gasteiger partial charge in [0.05, 0.1) is 18.3 Å². The van der Waals surface area contributed by atoms with Crippen LogP contribution in [0.4, 0.5) is 13.2 Å². The van der Waals surface area contributed by atoms with Crippen LogP contribution in [0.3, 0.4) is 0 Å². The largest absolute Gasteiger partial charge is 0.493 e. The summed E-state index contributed by atoms with van der Waals surface area (Å²) in [6.07, 6.45) is -4.46. The molecule has 0 aliphatic heterocycles. The molecule has 0 radical (unpaired) electrons. The van der Waals surface area contributed by atoms with Gasteiger partial charge in [-0.25, -0.2) is 0 Å². The van der Waals surface area contributed by atoms with Crippen LogP contribution < -0.4 is 15.8 Å². The number of aliphatic hydroxyl groups excluding tert-OH is 1. The van der Waals surface area contributed by atoms with Gasteiger partial charge in [-0.15, -0.1) is 0 Å². The second kappa shape index (κ2) is 8.36. The lowest BCUT2D eigenvalue weighted by atomic mass is 9.97. The Labute approximate surface area is 128 Å². The number of rotatable bonds is 8. The number of aliphatic hydroxyl groups is 1. The van der Waals surface area contributed by atoms with E-state index >= 15 is 0 Å². The van der Waals surface area contributed by atoms with Gasteiger partial charge in [0, 0.05) is 11.6 Å². The Balaban J connectivity index is 3.19. The molecule has 2 atom stereocenters. The normalized spacial score (nSPS) is 14.7. The first-order valence-corrected chi connectivity index (χ1v) is 7.24. The Morgan fingerprint density at radius 3 is 2.55 bits per heavy atom. The smallest absolute Gasteiger partial charge is 0.416 e. The maximum atomic E-state index is 12.9. The molecule has 1 rings (SSSR count). The summed E-state index contributed by atoms with van der Waals surface area (Å²) in [5.41, 5.74) is 4.79. The van der Waals surface area contributed by atoms with E-state index in [1.54, 1.807) is 7.05 Å². The van der Waals surface area contributed by atoms with Gasteiger partial charge in [0.2, 0.25) is 0 Å². The molecule has 7 heteroatoms. The van der Waals surface area contributed by atoms with E-state index in [-0.39, 0.29) is 11.3 Å². The molecule has 4 N–H and O–H groups in total. The Kier molecular flexibility index (Phi) is 7.12. The number of likely N-dealkylation sites (N-methyl/N-ethyl adjacent to an activating group) is 1. The van der Waals surface area contributed by atoms with Crippen molar-refractivity contribution in [3.63, 3.8) is 0 Å². The predicted octanol–water partition coefficient (Wildman–Crippen LogP) is 2.46. The zero-order chi connectivity index (χ0) is 16.8. The van der Waals surface area contributed by atoms with Crippen LogP contribution >= 0.6 is 0 Å². The minimum atomic E-state index is -4.47. The second-order valence-electron chi connectivity index (χ2n) is 5.02. The summed E-state index contributed by atoms with van der Waals surface area (Å²) in [6.45, 7) is 2.57. The summed E-state index contributed by atoms with van der Waals surface area (Å²) in [4.78, 5) is 0. The molecule has 0 aliphatic rings. The van der Waals surface area contributed by atoms with Crippen LogP contribution in [0.25, 0.3) is 0 Å². The minimum absolute atomic E-state index is 0.121. The Bertz CT molecular complexity index is 467. The molecule has 0 bridgehead atoms. The van der Waals surface area contributed by atoms with Crippen molar-refractivity contribution in [1.29, 1.82) is 0 Å². The third kappa shape index (κ3) is 4.86. The molecule has 0 heterocycles. The van der Waals surface area contributed by atoms with Gasteiger partial charge in [0.1, 0.15) is 5.75 Å². The van der Waals surface area contributed by atoms with Gasteiger partial charge < -0.3 is 20.9 Å². The van der Waals surface area contributed by atoms with E-state index in [0.717, 1.165) is 18.6 Å². The molecule has 0 amide bonds. The third-order valence-corrected chi connectivity index (χ3v) is 3.35. The number of hydrogen-bond acceptors (Lipinski definition) is 4. The number of alkyl halides is 3. The molecule has 1 aromatic rings. The number of halogens is 3. The van der Waals surface area contributed by atoms with Gasteiger partial charge in [-0.1, -0.05) is 6.92 Å². The molecule has 2 unspecified atom stereocenters. The van der Waals surface area contributed by atoms with Gasteiger partial charge >= 0.3 is 6.18 Å². The van der Waals surface area contributed by atoms with Crippen LogP contribution in [0.2, 0.25) is 0 Å². The summed E-state index contributed by atoms with van der Waals surface area (Å²) in [7, 11) is 1.63. The van der Waals surface area contributed by atoms with E-state index < -0.39 is 23.9 Å². The molecule has 0 aliphatic carbocycles. The summed E-state index contributed by atoms with van der Waals surface area (Å²) >= 11 is 0. The molecule has 0 aromatic heterocycles. The summed E-state index contributed by atoms with van der Waals surface area (Å²) < 4.78 is 44.1. The van der Waals surface area contributed by atoms with Crippen molar-refractivity contribution >= 4 is 0 Å². The average molecular weight is 320 g/mol. The molecular formula is C15H23F3N2O2. The predicted molar refractivity (Wildman–Crippen MR) is 78.7 cm³/mol. The van der Waals surface area contributed by atoms with E-state index in [4.69, 9.17) is 10.5 Å². The van der Waals surface area contributed by atoms with E-state index in [2.05, 4.69) is 5.32 Å². The molecule has 0 spiro atoms. The highest BCUT2D eigenvalue weighted by Gasteiger charge is 2.33. The van der Waals surface area contributed by atoms with Crippen molar-refractivity contribution in [2.24, 2.45) is 5.73 Å². The first kappa shape index (κ1) is 18.7. The zero-order valence-electron chi connectivity index (χ0n) is 12.8. The highest BCUT2D eigenvalue weighted by Crippen LogP contribution is 2.36. The topological polar surface area (TPSA) is 67.5 Å². The van der Waals surface area contributed by atoms with Crippen LogP contribution in [-0.2, 0) is 6.18 Å². The Hall–Kier alpha value is -1.31. The molecule has 126 valence electrons. The first-order chi connectivity index (χ1) is 10.3. The molecule has 0 fully saturated rings. The van der Waals surface area contributed by atoms with Gasteiger partial charge in [-0.3, -0.25) is 0 Å². The minimum Gasteiger partial charge on any atom is -0.493 e. The lowest BCUT2D eigenvalue weighted by molar-refractivity contribution is -0.137. The van der Waals surface area contributed by atoms with Gasteiger partial charge in [0.15, 0.2) is 0 Å². The van der Waals surface area contributed by atoms with Crippen LogP contribution in [0.1, 0.15) is 37.0 Å². The quantitative estimate of drug-likeness (QED) is 0.688. The van der Waals surface area contributed by atoms with Gasteiger partial charge in [-0.05, 0) is 44.6 Å². The number of benzene rings is 1. The van der Waals surface area contributed by atoms with E-state index in [9.17, 15) is 18.3 Å². The van der Waals surface area contributed by atoms with Crippen LogP contribution in [0, 0.1) is 0 Å². The first-order valence-electron chi connectivity index (χ1n) is 7.24. The highest BCUT2D eigenvalue weighted by molar-refractivity contribution is 5.40. The van der Waals surface area contributed by atoms with E-state index in [1.807, 2.05) is 6.92 Å². The van der Waals surface area contributed by atoms with E-state index in [0.29, 0.717) is 19.6 Å². The monoisotopic (exact) mass is 320 g/mol. The fourth-order valence-electron chi connectivity index (χ4n) is 2.16. The van der Waals surface area contributed by atoms with Crippen molar-refractivity contribution in [3.8, 4) is 5.75 Å². The number of nitrogens with two attached hydrogens (primary N) is 1. The number of nitrogens with one attached hydrogen (secondary N) is 1. The standard InChI is InChI=1S/C15H23F3N2O2/c1-3-8-22-13-5-4-10(15(16,17)18)9-11(13)14(21)12(20-2)6-7-19/h4-5,9,12,14,20-21H,3,6-8,19H2,1-2H3. The second-order valence-corrected chi connectivity index (χ2v) is 5.02. The highest BCUT2D eigenvalue weighted by atomic mass is 19.4. The molecular weight excluding hydrogens is 297 g/mol. The molecule has 1 aromatic carbocycles. The molecule has 0 saturated carbocycles. The molecule has 0 saturated heterocycles. The molecule has 4 nitrogen and oxygen atoms in total. The fraction of sp³-hybridized carbons (Fsp3) is 0.600. The Morgan fingerprint density at radius 2 is 2.05 bits per heavy atom.